The van der Waals surface area contributed by atoms with Gasteiger partial charge in [0.05, 0.1) is 0 Å². The monoisotopic (exact) mass is 356 g/mol. The van der Waals surface area contributed by atoms with Crippen LogP contribution in [0.25, 0.3) is 0 Å². The minimum atomic E-state index is -0.496. The molecule has 0 spiro atoms. The van der Waals surface area contributed by atoms with Crippen LogP contribution < -0.4 is 19.7 Å². The number of rotatable bonds is 6. The van der Waals surface area contributed by atoms with E-state index in [4.69, 9.17) is 9.47 Å². The molecule has 0 saturated heterocycles. The molecular formula is C20H24N2O4. The Morgan fingerprint density at radius 3 is 2.15 bits per heavy atom. The van der Waals surface area contributed by atoms with E-state index in [1.54, 1.807) is 43.4 Å². The molecule has 0 heterocycles. The van der Waals surface area contributed by atoms with Gasteiger partial charge in [-0.25, -0.2) is 9.59 Å². The van der Waals surface area contributed by atoms with Crippen LogP contribution in [0.3, 0.4) is 0 Å². The molecule has 0 atom stereocenters. The van der Waals surface area contributed by atoms with Gasteiger partial charge in [0.25, 0.3) is 0 Å². The number of esters is 1. The van der Waals surface area contributed by atoms with E-state index >= 15 is 0 Å². The highest BCUT2D eigenvalue weighted by atomic mass is 16.6. The quantitative estimate of drug-likeness (QED) is 0.635. The predicted molar refractivity (Wildman–Crippen MR) is 101 cm³/mol. The van der Waals surface area contributed by atoms with E-state index in [0.29, 0.717) is 17.2 Å². The number of aryl methyl sites for hydroxylation is 1. The van der Waals surface area contributed by atoms with Gasteiger partial charge in [-0.2, -0.15) is 0 Å². The summed E-state index contributed by atoms with van der Waals surface area (Å²) >= 11 is 0. The largest absolute Gasteiger partial charge is 0.482 e. The third-order valence-corrected chi connectivity index (χ3v) is 3.55. The Bertz CT molecular complexity index is 739. The summed E-state index contributed by atoms with van der Waals surface area (Å²) in [4.78, 5) is 25.3. The summed E-state index contributed by atoms with van der Waals surface area (Å²) in [5.74, 6) is 0.508. The zero-order valence-electron chi connectivity index (χ0n) is 15.5. The van der Waals surface area contributed by atoms with E-state index in [9.17, 15) is 9.59 Å². The number of carbonyl (C=O) groups excluding carboxylic acids is 2. The Morgan fingerprint density at radius 2 is 1.58 bits per heavy atom. The number of hydrogen-bond donors (Lipinski definition) is 1. The van der Waals surface area contributed by atoms with Gasteiger partial charge in [0, 0.05) is 18.8 Å². The van der Waals surface area contributed by atoms with Crippen LogP contribution in [0.5, 0.6) is 11.5 Å². The highest BCUT2D eigenvalue weighted by molar-refractivity contribution is 5.91. The number of nitrogens with zero attached hydrogens (tertiary/aromatic N) is 1. The van der Waals surface area contributed by atoms with Crippen molar-refractivity contribution in [2.45, 2.75) is 26.8 Å². The number of ether oxygens (including phenoxy) is 2. The van der Waals surface area contributed by atoms with Crippen molar-refractivity contribution in [3.8, 4) is 11.5 Å². The topological polar surface area (TPSA) is 67.9 Å². The highest BCUT2D eigenvalue weighted by Gasteiger charge is 2.12. The molecule has 0 saturated carbocycles. The minimum Gasteiger partial charge on any atom is -0.482 e. The van der Waals surface area contributed by atoms with Crippen LogP contribution >= 0.6 is 0 Å². The third-order valence-electron chi connectivity index (χ3n) is 3.55. The second-order valence-corrected chi connectivity index (χ2v) is 6.23. The average molecular weight is 356 g/mol. The maximum atomic E-state index is 12.0. The van der Waals surface area contributed by atoms with Gasteiger partial charge < -0.3 is 14.8 Å². The maximum Gasteiger partial charge on any atom is 0.349 e. The Balaban J connectivity index is 1.86. The lowest BCUT2D eigenvalue weighted by Gasteiger charge is -2.20. The second kappa shape index (κ2) is 8.89. The number of carbonyl (C=O) groups is 2. The van der Waals surface area contributed by atoms with Crippen LogP contribution in [0.1, 0.15) is 19.4 Å². The van der Waals surface area contributed by atoms with E-state index in [0.717, 1.165) is 5.56 Å². The zero-order valence-corrected chi connectivity index (χ0v) is 15.5. The highest BCUT2D eigenvalue weighted by Crippen LogP contribution is 2.19. The molecule has 6 nitrogen and oxygen atoms in total. The first-order valence-electron chi connectivity index (χ1n) is 8.39. The normalized spacial score (nSPS) is 10.3. The average Bonchev–Trinajstić information content (AvgIpc) is 2.60. The van der Waals surface area contributed by atoms with Gasteiger partial charge in [-0.3, -0.25) is 4.90 Å². The van der Waals surface area contributed by atoms with E-state index < -0.39 is 5.97 Å². The first-order chi connectivity index (χ1) is 12.3. The molecule has 0 bridgehead atoms. The fraction of sp³-hybridized carbons (Fsp3) is 0.300. The van der Waals surface area contributed by atoms with Gasteiger partial charge in [0.15, 0.2) is 6.61 Å². The number of hydrogen-bond acceptors (Lipinski definition) is 4. The summed E-state index contributed by atoms with van der Waals surface area (Å²) in [5.41, 5.74) is 1.81. The summed E-state index contributed by atoms with van der Waals surface area (Å²) in [6.45, 7) is 5.59. The standard InChI is InChI=1S/C20H24N2O4/c1-14(2)21-20(24)22(4)16-7-11-18(12-8-16)26-19(23)13-25-17-9-5-15(3)6-10-17/h5-12,14H,13H2,1-4H3,(H,21,24). The lowest BCUT2D eigenvalue weighted by Crippen LogP contribution is -2.40. The number of anilines is 1. The molecular weight excluding hydrogens is 332 g/mol. The fourth-order valence-corrected chi connectivity index (χ4v) is 2.14. The van der Waals surface area contributed by atoms with Gasteiger partial charge in [0.1, 0.15) is 11.5 Å². The molecule has 0 aliphatic heterocycles. The Hall–Kier alpha value is -3.02. The van der Waals surface area contributed by atoms with E-state index in [1.807, 2.05) is 32.9 Å². The number of benzene rings is 2. The third kappa shape index (κ3) is 5.81. The molecule has 0 aliphatic rings. The molecule has 138 valence electrons. The summed E-state index contributed by atoms with van der Waals surface area (Å²) in [6.07, 6.45) is 0. The molecule has 2 rings (SSSR count). The lowest BCUT2D eigenvalue weighted by atomic mass is 10.2. The van der Waals surface area contributed by atoms with Crippen molar-refractivity contribution in [1.82, 2.24) is 5.32 Å². The molecule has 0 unspecified atom stereocenters. The smallest absolute Gasteiger partial charge is 0.349 e. The molecule has 0 aromatic heterocycles. The summed E-state index contributed by atoms with van der Waals surface area (Å²) < 4.78 is 10.6. The minimum absolute atomic E-state index is 0.0544. The van der Waals surface area contributed by atoms with Crippen LogP contribution in [-0.4, -0.2) is 31.7 Å². The van der Waals surface area contributed by atoms with Gasteiger partial charge in [-0.15, -0.1) is 0 Å². The molecule has 2 aromatic rings. The Kier molecular flexibility index (Phi) is 6.60. The second-order valence-electron chi connectivity index (χ2n) is 6.23. The number of nitrogens with one attached hydrogen (secondary N) is 1. The van der Waals surface area contributed by atoms with Crippen molar-refractivity contribution in [3.05, 3.63) is 54.1 Å². The summed E-state index contributed by atoms with van der Waals surface area (Å²) in [6, 6.07) is 14.0. The van der Waals surface area contributed by atoms with Gasteiger partial charge in [-0.1, -0.05) is 17.7 Å². The fourth-order valence-electron chi connectivity index (χ4n) is 2.14. The van der Waals surface area contributed by atoms with Crippen LogP contribution in [-0.2, 0) is 4.79 Å². The number of urea groups is 1. The number of amides is 2. The SMILES string of the molecule is Cc1ccc(OCC(=O)Oc2ccc(N(C)C(=O)NC(C)C)cc2)cc1. The molecule has 0 fully saturated rings. The van der Waals surface area contributed by atoms with Crippen LogP contribution in [0, 0.1) is 6.92 Å². The van der Waals surface area contributed by atoms with Crippen molar-refractivity contribution in [2.24, 2.45) is 0 Å². The zero-order chi connectivity index (χ0) is 19.1. The van der Waals surface area contributed by atoms with E-state index in [-0.39, 0.29) is 18.7 Å². The first-order valence-corrected chi connectivity index (χ1v) is 8.39. The Morgan fingerprint density at radius 1 is 1.00 bits per heavy atom. The molecule has 2 amide bonds. The predicted octanol–water partition coefficient (Wildman–Crippen LogP) is 3.53. The summed E-state index contributed by atoms with van der Waals surface area (Å²) in [5, 5.41) is 2.81. The lowest BCUT2D eigenvalue weighted by molar-refractivity contribution is -0.136. The molecule has 0 radical (unpaired) electrons. The van der Waals surface area contributed by atoms with Crippen LogP contribution in [0.4, 0.5) is 10.5 Å². The maximum absolute atomic E-state index is 12.0. The van der Waals surface area contributed by atoms with Gasteiger partial charge in [0.2, 0.25) is 0 Å². The molecule has 0 aliphatic carbocycles. The van der Waals surface area contributed by atoms with Crippen LogP contribution in [0.15, 0.2) is 48.5 Å². The van der Waals surface area contributed by atoms with Gasteiger partial charge >= 0.3 is 12.0 Å². The van der Waals surface area contributed by atoms with Crippen molar-refractivity contribution < 1.29 is 19.1 Å². The van der Waals surface area contributed by atoms with Crippen molar-refractivity contribution in [2.75, 3.05) is 18.6 Å². The summed E-state index contributed by atoms with van der Waals surface area (Å²) in [7, 11) is 1.67. The van der Waals surface area contributed by atoms with E-state index in [2.05, 4.69) is 5.32 Å². The van der Waals surface area contributed by atoms with Crippen LogP contribution in [0.2, 0.25) is 0 Å². The molecule has 1 N–H and O–H groups in total. The molecule has 2 aromatic carbocycles. The molecule has 26 heavy (non-hydrogen) atoms. The van der Waals surface area contributed by atoms with Crippen molar-refractivity contribution in [3.63, 3.8) is 0 Å². The van der Waals surface area contributed by atoms with Crippen molar-refractivity contribution >= 4 is 17.7 Å². The van der Waals surface area contributed by atoms with Crippen molar-refractivity contribution in [1.29, 1.82) is 0 Å². The Labute approximate surface area is 153 Å². The van der Waals surface area contributed by atoms with E-state index in [1.165, 1.54) is 4.90 Å². The first kappa shape index (κ1) is 19.3. The van der Waals surface area contributed by atoms with Gasteiger partial charge in [-0.05, 0) is 57.2 Å². The molecule has 6 heteroatoms.